The molecule has 0 radical (unpaired) electrons. The molecule has 1 spiro atoms. The van der Waals surface area contributed by atoms with Gasteiger partial charge in [0, 0.05) is 50.8 Å². The smallest absolute Gasteiger partial charge is 0.261 e. The van der Waals surface area contributed by atoms with E-state index in [1.807, 2.05) is 19.4 Å². The molecule has 5 aromatic heterocycles. The average molecular weight is 503 g/mol. The van der Waals surface area contributed by atoms with E-state index in [0.29, 0.717) is 39.5 Å². The number of aromatic nitrogens is 6. The highest BCUT2D eigenvalue weighted by Crippen LogP contribution is 2.47. The summed E-state index contributed by atoms with van der Waals surface area (Å²) in [5.41, 5.74) is 3.32. The van der Waals surface area contributed by atoms with Crippen molar-refractivity contribution in [1.82, 2.24) is 39.6 Å². The summed E-state index contributed by atoms with van der Waals surface area (Å²) in [5.74, 6) is -0.185. The van der Waals surface area contributed by atoms with Crippen LogP contribution >= 0.6 is 11.3 Å². The number of nitrogens with one attached hydrogen (secondary N) is 2. The number of pyridine rings is 2. The highest BCUT2D eigenvalue weighted by Gasteiger charge is 2.42. The summed E-state index contributed by atoms with van der Waals surface area (Å²) >= 11 is 1.49. The fourth-order valence-electron chi connectivity index (χ4n) is 5.69. The molecule has 0 unspecified atom stereocenters. The van der Waals surface area contributed by atoms with Gasteiger partial charge in [-0.1, -0.05) is 6.42 Å². The van der Waals surface area contributed by atoms with Crippen LogP contribution in [0, 0.1) is 5.41 Å². The van der Waals surface area contributed by atoms with Crippen molar-refractivity contribution in [2.24, 2.45) is 12.5 Å². The molecule has 2 fully saturated rings. The molecular formula is C25H26N8O2S. The van der Waals surface area contributed by atoms with Crippen molar-refractivity contribution >= 4 is 44.0 Å². The van der Waals surface area contributed by atoms with Crippen LogP contribution in [-0.4, -0.2) is 66.3 Å². The number of rotatable bonds is 5. The van der Waals surface area contributed by atoms with Crippen LogP contribution in [0.5, 0.6) is 0 Å². The van der Waals surface area contributed by atoms with Crippen molar-refractivity contribution in [3.8, 4) is 10.4 Å². The molecule has 36 heavy (non-hydrogen) atoms. The van der Waals surface area contributed by atoms with Crippen molar-refractivity contribution in [1.29, 1.82) is 0 Å². The van der Waals surface area contributed by atoms with Gasteiger partial charge in [0.15, 0.2) is 0 Å². The monoisotopic (exact) mass is 502 g/mol. The Morgan fingerprint density at radius 1 is 1.22 bits per heavy atom. The van der Waals surface area contributed by atoms with E-state index >= 15 is 0 Å². The van der Waals surface area contributed by atoms with Gasteiger partial charge in [0.05, 0.1) is 22.2 Å². The highest BCUT2D eigenvalue weighted by molar-refractivity contribution is 7.21. The Morgan fingerprint density at radius 2 is 2.11 bits per heavy atom. The zero-order chi connectivity index (χ0) is 24.4. The third-order valence-electron chi connectivity index (χ3n) is 7.80. The van der Waals surface area contributed by atoms with Crippen LogP contribution in [0.4, 0.5) is 0 Å². The summed E-state index contributed by atoms with van der Waals surface area (Å²) in [5, 5.41) is 12.4. The maximum absolute atomic E-state index is 13.0. The lowest BCUT2D eigenvalue weighted by molar-refractivity contribution is 0.0946. The third kappa shape index (κ3) is 3.45. The number of hydrogen-bond donors (Lipinski definition) is 2. The van der Waals surface area contributed by atoms with E-state index in [4.69, 9.17) is 0 Å². The van der Waals surface area contributed by atoms with Gasteiger partial charge in [0.25, 0.3) is 11.5 Å². The predicted molar refractivity (Wildman–Crippen MR) is 138 cm³/mol. The Labute approximate surface area is 209 Å². The quantitative estimate of drug-likeness (QED) is 0.382. The van der Waals surface area contributed by atoms with Gasteiger partial charge in [-0.05, 0) is 37.3 Å². The van der Waals surface area contributed by atoms with Crippen molar-refractivity contribution in [3.63, 3.8) is 0 Å². The predicted octanol–water partition coefficient (Wildman–Crippen LogP) is 2.79. The Kier molecular flexibility index (Phi) is 4.80. The molecule has 5 aromatic rings. The van der Waals surface area contributed by atoms with Crippen LogP contribution in [0.15, 0.2) is 35.6 Å². The largest absolute Gasteiger partial charge is 0.351 e. The lowest BCUT2D eigenvalue weighted by atomic mass is 9.68. The molecule has 1 saturated carbocycles. The summed E-state index contributed by atoms with van der Waals surface area (Å²) in [7, 11) is 1.87. The topological polar surface area (TPSA) is 113 Å². The molecule has 184 valence electrons. The normalized spacial score (nSPS) is 17.5. The van der Waals surface area contributed by atoms with Gasteiger partial charge in [0.2, 0.25) is 0 Å². The zero-order valence-electron chi connectivity index (χ0n) is 20.0. The van der Waals surface area contributed by atoms with E-state index in [9.17, 15) is 9.59 Å². The number of fused-ring (bicyclic) bond motifs is 5. The lowest BCUT2D eigenvalue weighted by Gasteiger charge is -2.38. The van der Waals surface area contributed by atoms with Crippen LogP contribution in [0.1, 0.15) is 36.0 Å². The van der Waals surface area contributed by atoms with Crippen molar-refractivity contribution in [2.45, 2.75) is 25.7 Å². The molecule has 0 atom stereocenters. The second-order valence-electron chi connectivity index (χ2n) is 10.2. The van der Waals surface area contributed by atoms with Crippen LogP contribution in [0.2, 0.25) is 0 Å². The molecule has 10 nitrogen and oxygen atoms in total. The van der Waals surface area contributed by atoms with Crippen molar-refractivity contribution in [2.75, 3.05) is 26.2 Å². The Morgan fingerprint density at radius 3 is 2.86 bits per heavy atom. The average Bonchev–Trinajstić information content (AvgIpc) is 3.60. The minimum atomic E-state index is -0.245. The Hall–Kier alpha value is -3.57. The summed E-state index contributed by atoms with van der Waals surface area (Å²) in [6.45, 7) is 3.73. The minimum absolute atomic E-state index is 0.185. The van der Waals surface area contributed by atoms with E-state index < -0.39 is 0 Å². The molecule has 0 aromatic carbocycles. The highest BCUT2D eigenvalue weighted by atomic mass is 32.1. The second-order valence-corrected chi connectivity index (χ2v) is 11.2. The fraction of sp³-hybridized carbons (Fsp3) is 0.400. The maximum Gasteiger partial charge on any atom is 0.261 e. The number of aryl methyl sites for hydroxylation is 1. The molecule has 1 aliphatic heterocycles. The molecule has 2 aliphatic rings. The molecule has 6 heterocycles. The van der Waals surface area contributed by atoms with Crippen molar-refractivity contribution in [3.05, 3.63) is 46.8 Å². The van der Waals surface area contributed by atoms with Crippen molar-refractivity contribution < 1.29 is 4.79 Å². The number of likely N-dealkylation sites (tertiary alicyclic amines) is 1. The van der Waals surface area contributed by atoms with E-state index in [2.05, 4.69) is 30.4 Å². The summed E-state index contributed by atoms with van der Waals surface area (Å²) in [6, 6.07) is 1.69. The number of thiazole rings is 1. The molecule has 11 heteroatoms. The zero-order valence-corrected chi connectivity index (χ0v) is 20.8. The summed E-state index contributed by atoms with van der Waals surface area (Å²) in [6.07, 6.45) is 12.5. The van der Waals surface area contributed by atoms with Gasteiger partial charge in [-0.15, -0.1) is 11.3 Å². The molecule has 2 N–H and O–H groups in total. The first-order valence-corrected chi connectivity index (χ1v) is 13.1. The number of H-pyrrole nitrogens is 1. The third-order valence-corrected chi connectivity index (χ3v) is 8.94. The minimum Gasteiger partial charge on any atom is -0.351 e. The van der Waals surface area contributed by atoms with Crippen LogP contribution in [-0.2, 0) is 7.05 Å². The molecule has 1 amide bonds. The summed E-state index contributed by atoms with van der Waals surface area (Å²) < 4.78 is 3.46. The van der Waals surface area contributed by atoms with Crippen LogP contribution < -0.4 is 10.9 Å². The first-order valence-electron chi connectivity index (χ1n) is 12.3. The molecule has 1 aliphatic carbocycles. The number of amides is 1. The number of aromatic amines is 1. The molecular weight excluding hydrogens is 476 g/mol. The van der Waals surface area contributed by atoms with Crippen LogP contribution in [0.25, 0.3) is 37.2 Å². The SMILES string of the molecule is Cn1cc(-c2cn3nc4c5ncc(C(=O)NCCN6CCC7(CCC7)C6)cc5[nH]c(=O)c4c3s2)cn1. The van der Waals surface area contributed by atoms with Gasteiger partial charge >= 0.3 is 0 Å². The van der Waals surface area contributed by atoms with Gasteiger partial charge in [-0.3, -0.25) is 19.3 Å². The van der Waals surface area contributed by atoms with E-state index in [0.717, 1.165) is 34.9 Å². The van der Waals surface area contributed by atoms with Crippen LogP contribution in [0.3, 0.4) is 0 Å². The number of nitrogens with zero attached hydrogens (tertiary/aromatic N) is 6. The first kappa shape index (κ1) is 21.7. The van der Waals surface area contributed by atoms with Gasteiger partial charge in [-0.25, -0.2) is 4.52 Å². The molecule has 0 bridgehead atoms. The second kappa shape index (κ2) is 7.97. The Bertz CT molecular complexity index is 1710. The van der Waals surface area contributed by atoms with Gasteiger partial charge < -0.3 is 15.2 Å². The Balaban J connectivity index is 1.13. The number of carbonyl (C=O) groups excluding carboxylic acids is 1. The standard InChI is InChI=1S/C25H26N8O2S/c1-31-12-16(11-28-31)18-13-33-24(36-18)19-21(30-33)20-17(29-23(19)35)9-15(10-27-20)22(34)26-6-8-32-7-5-25(14-32)3-2-4-25/h9-13H,2-8,14H2,1H3,(H,26,34)(H,29,35). The maximum atomic E-state index is 13.0. The van der Waals surface area contributed by atoms with Gasteiger partial charge in [-0.2, -0.15) is 10.2 Å². The molecule has 7 rings (SSSR count). The lowest BCUT2D eigenvalue weighted by Crippen LogP contribution is -2.37. The summed E-state index contributed by atoms with van der Waals surface area (Å²) in [4.78, 5) is 37.5. The van der Waals surface area contributed by atoms with E-state index in [1.165, 1.54) is 37.0 Å². The first-order chi connectivity index (χ1) is 17.5. The number of hydrogen-bond acceptors (Lipinski definition) is 7. The van der Waals surface area contributed by atoms with E-state index in [1.54, 1.807) is 27.7 Å². The van der Waals surface area contributed by atoms with E-state index in [-0.39, 0.29) is 11.5 Å². The number of carbonyl (C=O) groups is 1. The van der Waals surface area contributed by atoms with Gasteiger partial charge in [0.1, 0.15) is 21.3 Å². The molecule has 1 saturated heterocycles. The fourth-order valence-corrected chi connectivity index (χ4v) is 6.75.